The van der Waals surface area contributed by atoms with Gasteiger partial charge in [0.05, 0.1) is 11.4 Å². The molecule has 0 saturated carbocycles. The van der Waals surface area contributed by atoms with Gasteiger partial charge in [-0.1, -0.05) is 42.5 Å². The van der Waals surface area contributed by atoms with Crippen molar-refractivity contribution in [2.45, 2.75) is 11.4 Å². The van der Waals surface area contributed by atoms with Crippen molar-refractivity contribution < 1.29 is 0 Å². The maximum Gasteiger partial charge on any atom is 0.122 e. The summed E-state index contributed by atoms with van der Waals surface area (Å²) in [6.45, 7) is 0. The van der Waals surface area contributed by atoms with E-state index in [9.17, 15) is 0 Å². The fourth-order valence-corrected chi connectivity index (χ4v) is 3.46. The molecule has 0 fully saturated rings. The van der Waals surface area contributed by atoms with Gasteiger partial charge in [-0.3, -0.25) is 0 Å². The van der Waals surface area contributed by atoms with Crippen molar-refractivity contribution in [3.8, 4) is 16.9 Å². The van der Waals surface area contributed by atoms with Gasteiger partial charge in [-0.25, -0.2) is 4.68 Å². The Labute approximate surface area is 122 Å². The molecule has 1 aliphatic carbocycles. The van der Waals surface area contributed by atoms with Gasteiger partial charge >= 0.3 is 0 Å². The Morgan fingerprint density at radius 3 is 2.55 bits per heavy atom. The summed E-state index contributed by atoms with van der Waals surface area (Å²) in [6, 6.07) is 19.0. The molecule has 4 rings (SSSR count). The number of hydrogen-bond donors (Lipinski definition) is 0. The summed E-state index contributed by atoms with van der Waals surface area (Å²) in [6.07, 6.45) is 3.09. The third-order valence-corrected chi connectivity index (χ3v) is 4.50. The van der Waals surface area contributed by atoms with Crippen LogP contribution in [0, 0.1) is 0 Å². The van der Waals surface area contributed by atoms with Gasteiger partial charge in [0.15, 0.2) is 0 Å². The van der Waals surface area contributed by atoms with E-state index in [-0.39, 0.29) is 0 Å². The number of hydrogen-bond acceptors (Lipinski definition) is 2. The molecule has 0 saturated heterocycles. The summed E-state index contributed by atoms with van der Waals surface area (Å²) < 4.78 is 2.09. The van der Waals surface area contributed by atoms with Crippen LogP contribution in [0.4, 0.5) is 0 Å². The number of fused-ring (bicyclic) bond motifs is 3. The predicted octanol–water partition coefficient (Wildman–Crippen LogP) is 4.17. The molecule has 0 N–H and O–H groups in total. The van der Waals surface area contributed by atoms with Crippen LogP contribution < -0.4 is 0 Å². The predicted molar refractivity (Wildman–Crippen MR) is 83.6 cm³/mol. The van der Waals surface area contributed by atoms with E-state index in [0.717, 1.165) is 17.1 Å². The van der Waals surface area contributed by atoms with Crippen LogP contribution in [0.15, 0.2) is 59.6 Å². The van der Waals surface area contributed by atoms with Crippen LogP contribution in [0.2, 0.25) is 0 Å². The van der Waals surface area contributed by atoms with Crippen LogP contribution >= 0.6 is 11.8 Å². The first kappa shape index (κ1) is 11.8. The summed E-state index contributed by atoms with van der Waals surface area (Å²) in [5.74, 6) is 0. The Morgan fingerprint density at radius 1 is 1.00 bits per heavy atom. The van der Waals surface area contributed by atoms with Crippen LogP contribution in [-0.4, -0.2) is 16.0 Å². The minimum atomic E-state index is 0.995. The molecule has 3 aromatic rings. The average Bonchev–Trinajstić information content (AvgIpc) is 3.05. The zero-order valence-electron chi connectivity index (χ0n) is 11.2. The molecule has 0 unspecified atom stereocenters. The molecule has 1 aliphatic rings. The lowest BCUT2D eigenvalue weighted by atomic mass is 10.1. The molecule has 0 bridgehead atoms. The SMILES string of the molecule is CSc1nn(-c2ccccc2)c2c1Cc1ccccc1-2. The Balaban J connectivity index is 2.00. The molecule has 1 heterocycles. The van der Waals surface area contributed by atoms with Crippen molar-refractivity contribution in [1.29, 1.82) is 0 Å². The molecule has 0 amide bonds. The molecule has 0 atom stereocenters. The lowest BCUT2D eigenvalue weighted by Crippen LogP contribution is -1.98. The number of benzene rings is 2. The molecule has 20 heavy (non-hydrogen) atoms. The largest absolute Gasteiger partial charge is 0.232 e. The second-order valence-electron chi connectivity index (χ2n) is 4.92. The van der Waals surface area contributed by atoms with Gasteiger partial charge in [0.1, 0.15) is 5.03 Å². The van der Waals surface area contributed by atoms with E-state index < -0.39 is 0 Å². The van der Waals surface area contributed by atoms with Crippen LogP contribution in [-0.2, 0) is 6.42 Å². The lowest BCUT2D eigenvalue weighted by Gasteiger charge is -2.07. The zero-order valence-corrected chi connectivity index (χ0v) is 12.0. The summed E-state index contributed by atoms with van der Waals surface area (Å²) in [5, 5.41) is 5.94. The molecule has 0 spiro atoms. The van der Waals surface area contributed by atoms with E-state index in [4.69, 9.17) is 5.10 Å². The summed E-state index contributed by atoms with van der Waals surface area (Å²) in [4.78, 5) is 0. The maximum atomic E-state index is 4.80. The normalized spacial score (nSPS) is 12.2. The van der Waals surface area contributed by atoms with E-state index in [2.05, 4.69) is 59.5 Å². The summed E-state index contributed by atoms with van der Waals surface area (Å²) >= 11 is 1.73. The molecule has 2 aromatic carbocycles. The number of rotatable bonds is 2. The second-order valence-corrected chi connectivity index (χ2v) is 5.71. The molecular formula is C17H14N2S. The van der Waals surface area contributed by atoms with Crippen LogP contribution in [0.25, 0.3) is 16.9 Å². The Kier molecular flexibility index (Phi) is 2.67. The fraction of sp³-hybridized carbons (Fsp3) is 0.118. The average molecular weight is 278 g/mol. The van der Waals surface area contributed by atoms with E-state index in [0.29, 0.717) is 0 Å². The lowest BCUT2D eigenvalue weighted by molar-refractivity contribution is 0.839. The van der Waals surface area contributed by atoms with Gasteiger partial charge in [0.25, 0.3) is 0 Å². The maximum absolute atomic E-state index is 4.80. The van der Waals surface area contributed by atoms with Gasteiger partial charge in [-0.2, -0.15) is 5.10 Å². The number of thioether (sulfide) groups is 1. The number of aromatic nitrogens is 2. The fourth-order valence-electron chi connectivity index (χ4n) is 2.88. The van der Waals surface area contributed by atoms with Gasteiger partial charge in [0.2, 0.25) is 0 Å². The highest BCUT2D eigenvalue weighted by molar-refractivity contribution is 7.98. The minimum absolute atomic E-state index is 0.995. The standard InChI is InChI=1S/C17H14N2S/c1-20-17-15-11-12-7-5-6-10-14(12)16(15)19(18-17)13-8-3-2-4-9-13/h2-10H,11H2,1H3. The number of nitrogens with zero attached hydrogens (tertiary/aromatic N) is 2. The first-order valence-electron chi connectivity index (χ1n) is 6.68. The van der Waals surface area contributed by atoms with Crippen molar-refractivity contribution in [2.75, 3.05) is 6.26 Å². The van der Waals surface area contributed by atoms with Gasteiger partial charge in [-0.05, 0) is 24.0 Å². The van der Waals surface area contributed by atoms with E-state index in [1.807, 2.05) is 6.07 Å². The highest BCUT2D eigenvalue weighted by atomic mass is 32.2. The Morgan fingerprint density at radius 2 is 1.75 bits per heavy atom. The van der Waals surface area contributed by atoms with E-state index >= 15 is 0 Å². The quantitative estimate of drug-likeness (QED) is 0.512. The van der Waals surface area contributed by atoms with Crippen molar-refractivity contribution in [1.82, 2.24) is 9.78 Å². The highest BCUT2D eigenvalue weighted by Crippen LogP contribution is 2.41. The monoisotopic (exact) mass is 278 g/mol. The van der Waals surface area contributed by atoms with Crippen LogP contribution in [0.1, 0.15) is 11.1 Å². The van der Waals surface area contributed by atoms with Gasteiger partial charge in [-0.15, -0.1) is 11.8 Å². The molecule has 0 aliphatic heterocycles. The molecule has 1 aromatic heterocycles. The first-order valence-corrected chi connectivity index (χ1v) is 7.90. The Hall–Kier alpha value is -2.00. The van der Waals surface area contributed by atoms with Crippen LogP contribution in [0.5, 0.6) is 0 Å². The Bertz CT molecular complexity index is 775. The summed E-state index contributed by atoms with van der Waals surface area (Å²) in [5.41, 5.74) is 6.47. The third kappa shape index (κ3) is 1.63. The number of para-hydroxylation sites is 1. The highest BCUT2D eigenvalue weighted by Gasteiger charge is 2.27. The van der Waals surface area contributed by atoms with E-state index in [1.54, 1.807) is 11.8 Å². The molecule has 0 radical (unpaired) electrons. The third-order valence-electron chi connectivity index (χ3n) is 3.78. The van der Waals surface area contributed by atoms with Crippen LogP contribution in [0.3, 0.4) is 0 Å². The summed E-state index contributed by atoms with van der Waals surface area (Å²) in [7, 11) is 0. The van der Waals surface area contributed by atoms with Gasteiger partial charge < -0.3 is 0 Å². The molecule has 2 nitrogen and oxygen atoms in total. The molecule has 98 valence electrons. The van der Waals surface area contributed by atoms with E-state index in [1.165, 1.54) is 22.4 Å². The van der Waals surface area contributed by atoms with Crippen molar-refractivity contribution in [2.24, 2.45) is 0 Å². The molecular weight excluding hydrogens is 264 g/mol. The second kappa shape index (κ2) is 4.53. The van der Waals surface area contributed by atoms with Crippen molar-refractivity contribution in [3.63, 3.8) is 0 Å². The molecule has 3 heteroatoms. The van der Waals surface area contributed by atoms with Gasteiger partial charge in [0, 0.05) is 17.5 Å². The zero-order chi connectivity index (χ0) is 13.5. The first-order chi connectivity index (χ1) is 9.88. The van der Waals surface area contributed by atoms with Crippen molar-refractivity contribution >= 4 is 11.8 Å². The van der Waals surface area contributed by atoms with Crippen molar-refractivity contribution in [3.05, 3.63) is 65.7 Å². The minimum Gasteiger partial charge on any atom is -0.232 e. The smallest absolute Gasteiger partial charge is 0.122 e. The topological polar surface area (TPSA) is 17.8 Å².